The first-order valence-electron chi connectivity index (χ1n) is 4.99. The molecule has 0 amide bonds. The normalized spacial score (nSPS) is 10.2. The molecule has 0 saturated heterocycles. The Balaban J connectivity index is 2.72. The smallest absolute Gasteiger partial charge is 0.0594 e. The lowest BCUT2D eigenvalue weighted by Crippen LogP contribution is -2.19. The fraction of sp³-hybridized carbons (Fsp3) is 0.545. The van der Waals surface area contributed by atoms with E-state index < -0.39 is 0 Å². The molecule has 1 rings (SSSR count). The molecular weight excluding hydrogens is 196 g/mol. The SMILES string of the molecule is CCCCN(C)c1cnccc1CCl. The van der Waals surface area contributed by atoms with Gasteiger partial charge in [-0.15, -0.1) is 11.6 Å². The molecule has 0 aliphatic rings. The number of aromatic nitrogens is 1. The fourth-order valence-corrected chi connectivity index (χ4v) is 1.61. The van der Waals surface area contributed by atoms with Crippen molar-refractivity contribution in [2.24, 2.45) is 0 Å². The number of halogens is 1. The summed E-state index contributed by atoms with van der Waals surface area (Å²) in [5.41, 5.74) is 2.30. The molecule has 0 spiro atoms. The predicted molar refractivity (Wildman–Crippen MR) is 62.0 cm³/mol. The number of rotatable bonds is 5. The highest BCUT2D eigenvalue weighted by atomic mass is 35.5. The maximum atomic E-state index is 5.86. The van der Waals surface area contributed by atoms with E-state index >= 15 is 0 Å². The zero-order chi connectivity index (χ0) is 10.4. The molecule has 0 aromatic carbocycles. The minimum Gasteiger partial charge on any atom is -0.373 e. The minimum atomic E-state index is 0.550. The minimum absolute atomic E-state index is 0.550. The van der Waals surface area contributed by atoms with E-state index in [0.717, 1.165) is 17.8 Å². The molecule has 0 aliphatic heterocycles. The molecule has 1 heterocycles. The summed E-state index contributed by atoms with van der Waals surface area (Å²) in [5.74, 6) is 0.550. The summed E-state index contributed by atoms with van der Waals surface area (Å²) in [7, 11) is 2.09. The van der Waals surface area contributed by atoms with Gasteiger partial charge in [0.05, 0.1) is 11.9 Å². The molecule has 0 radical (unpaired) electrons. The number of pyridine rings is 1. The maximum absolute atomic E-state index is 5.86. The van der Waals surface area contributed by atoms with Crippen LogP contribution in [-0.2, 0) is 5.88 Å². The Morgan fingerprint density at radius 2 is 2.29 bits per heavy atom. The molecule has 0 atom stereocenters. The summed E-state index contributed by atoms with van der Waals surface area (Å²) in [5, 5.41) is 0. The van der Waals surface area contributed by atoms with Crippen LogP contribution in [0.4, 0.5) is 5.69 Å². The molecule has 3 heteroatoms. The number of anilines is 1. The van der Waals surface area contributed by atoms with Crippen LogP contribution in [-0.4, -0.2) is 18.6 Å². The van der Waals surface area contributed by atoms with Crippen LogP contribution in [0, 0.1) is 0 Å². The molecule has 0 unspecified atom stereocenters. The Morgan fingerprint density at radius 3 is 2.93 bits per heavy atom. The molecule has 2 nitrogen and oxygen atoms in total. The maximum Gasteiger partial charge on any atom is 0.0594 e. The van der Waals surface area contributed by atoms with Crippen LogP contribution >= 0.6 is 11.6 Å². The van der Waals surface area contributed by atoms with Gasteiger partial charge >= 0.3 is 0 Å². The lowest BCUT2D eigenvalue weighted by molar-refractivity contribution is 0.763. The molecule has 0 saturated carbocycles. The monoisotopic (exact) mass is 212 g/mol. The highest BCUT2D eigenvalue weighted by Gasteiger charge is 2.05. The lowest BCUT2D eigenvalue weighted by atomic mass is 10.2. The Kier molecular flexibility index (Phi) is 4.74. The summed E-state index contributed by atoms with van der Waals surface area (Å²) in [6.45, 7) is 3.26. The Bertz CT molecular complexity index is 276. The molecule has 14 heavy (non-hydrogen) atoms. The van der Waals surface area contributed by atoms with Crippen LogP contribution in [0.3, 0.4) is 0 Å². The number of unbranched alkanes of at least 4 members (excludes halogenated alkanes) is 1. The van der Waals surface area contributed by atoms with Gasteiger partial charge in [-0.05, 0) is 18.1 Å². The molecule has 1 aromatic rings. The third-order valence-corrected chi connectivity index (χ3v) is 2.58. The van der Waals surface area contributed by atoms with E-state index in [0.29, 0.717) is 5.88 Å². The fourth-order valence-electron chi connectivity index (χ4n) is 1.39. The average molecular weight is 213 g/mol. The zero-order valence-electron chi connectivity index (χ0n) is 8.83. The van der Waals surface area contributed by atoms with Gasteiger partial charge in [0.1, 0.15) is 0 Å². The number of nitrogens with zero attached hydrogens (tertiary/aromatic N) is 2. The van der Waals surface area contributed by atoms with Crippen LogP contribution in [0.5, 0.6) is 0 Å². The van der Waals surface area contributed by atoms with E-state index in [1.54, 1.807) is 6.20 Å². The summed E-state index contributed by atoms with van der Waals surface area (Å²) in [4.78, 5) is 6.34. The van der Waals surface area contributed by atoms with Gasteiger partial charge in [0.2, 0.25) is 0 Å². The largest absolute Gasteiger partial charge is 0.373 e. The topological polar surface area (TPSA) is 16.1 Å². The molecule has 0 aliphatic carbocycles. The second-order valence-corrected chi connectivity index (χ2v) is 3.68. The van der Waals surface area contributed by atoms with E-state index in [4.69, 9.17) is 11.6 Å². The van der Waals surface area contributed by atoms with Crippen molar-refractivity contribution in [2.75, 3.05) is 18.5 Å². The van der Waals surface area contributed by atoms with E-state index in [1.165, 1.54) is 12.8 Å². The number of hydrogen-bond donors (Lipinski definition) is 0. The first-order chi connectivity index (χ1) is 6.79. The van der Waals surface area contributed by atoms with Gasteiger partial charge in [0.25, 0.3) is 0 Å². The molecule has 0 bridgehead atoms. The quantitative estimate of drug-likeness (QED) is 0.698. The molecule has 0 N–H and O–H groups in total. The highest BCUT2D eigenvalue weighted by Crippen LogP contribution is 2.19. The number of hydrogen-bond acceptors (Lipinski definition) is 2. The van der Waals surface area contributed by atoms with Crippen LogP contribution in [0.1, 0.15) is 25.3 Å². The van der Waals surface area contributed by atoms with Gasteiger partial charge in [0, 0.05) is 25.7 Å². The average Bonchev–Trinajstić information content (AvgIpc) is 2.25. The van der Waals surface area contributed by atoms with Gasteiger partial charge in [-0.3, -0.25) is 4.98 Å². The molecule has 78 valence electrons. The van der Waals surface area contributed by atoms with E-state index in [2.05, 4.69) is 23.9 Å². The standard InChI is InChI=1S/C11H17ClN2/c1-3-4-7-14(2)11-9-13-6-5-10(11)8-12/h5-6,9H,3-4,7-8H2,1-2H3. The van der Waals surface area contributed by atoms with E-state index in [-0.39, 0.29) is 0 Å². The highest BCUT2D eigenvalue weighted by molar-refractivity contribution is 6.17. The Labute approximate surface area is 90.9 Å². The van der Waals surface area contributed by atoms with Gasteiger partial charge in [-0.25, -0.2) is 0 Å². The van der Waals surface area contributed by atoms with E-state index in [1.807, 2.05) is 12.3 Å². The summed E-state index contributed by atoms with van der Waals surface area (Å²) in [6, 6.07) is 1.98. The van der Waals surface area contributed by atoms with Gasteiger partial charge in [0.15, 0.2) is 0 Å². The molecular formula is C11H17ClN2. The second kappa shape index (κ2) is 5.86. The van der Waals surface area contributed by atoms with Crippen LogP contribution in [0.15, 0.2) is 18.5 Å². The lowest BCUT2D eigenvalue weighted by Gasteiger charge is -2.20. The van der Waals surface area contributed by atoms with Crippen LogP contribution in [0.25, 0.3) is 0 Å². The van der Waals surface area contributed by atoms with Gasteiger partial charge < -0.3 is 4.90 Å². The summed E-state index contributed by atoms with van der Waals surface area (Å²) >= 11 is 5.86. The molecule has 1 aromatic heterocycles. The first-order valence-corrected chi connectivity index (χ1v) is 5.53. The van der Waals surface area contributed by atoms with E-state index in [9.17, 15) is 0 Å². The summed E-state index contributed by atoms with van der Waals surface area (Å²) < 4.78 is 0. The second-order valence-electron chi connectivity index (χ2n) is 3.41. The zero-order valence-corrected chi connectivity index (χ0v) is 9.59. The Hall–Kier alpha value is -0.760. The van der Waals surface area contributed by atoms with Crippen LogP contribution in [0.2, 0.25) is 0 Å². The van der Waals surface area contributed by atoms with Crippen molar-refractivity contribution in [3.63, 3.8) is 0 Å². The molecule has 0 fully saturated rings. The van der Waals surface area contributed by atoms with Gasteiger partial charge in [-0.1, -0.05) is 13.3 Å². The van der Waals surface area contributed by atoms with Crippen molar-refractivity contribution in [2.45, 2.75) is 25.6 Å². The van der Waals surface area contributed by atoms with Crippen molar-refractivity contribution < 1.29 is 0 Å². The van der Waals surface area contributed by atoms with Crippen molar-refractivity contribution >= 4 is 17.3 Å². The van der Waals surface area contributed by atoms with Crippen LogP contribution < -0.4 is 4.90 Å². The van der Waals surface area contributed by atoms with Crippen molar-refractivity contribution in [1.82, 2.24) is 4.98 Å². The third-order valence-electron chi connectivity index (χ3n) is 2.29. The predicted octanol–water partition coefficient (Wildman–Crippen LogP) is 3.06. The van der Waals surface area contributed by atoms with Crippen molar-refractivity contribution in [3.8, 4) is 0 Å². The summed E-state index contributed by atoms with van der Waals surface area (Å²) in [6.07, 6.45) is 6.08. The van der Waals surface area contributed by atoms with Crippen molar-refractivity contribution in [1.29, 1.82) is 0 Å². The van der Waals surface area contributed by atoms with Gasteiger partial charge in [-0.2, -0.15) is 0 Å². The Morgan fingerprint density at radius 1 is 1.50 bits per heavy atom. The third kappa shape index (κ3) is 2.88. The number of alkyl halides is 1. The van der Waals surface area contributed by atoms with Crippen molar-refractivity contribution in [3.05, 3.63) is 24.0 Å². The first kappa shape index (κ1) is 11.3.